The summed E-state index contributed by atoms with van der Waals surface area (Å²) in [5.74, 6) is -0.324. The van der Waals surface area contributed by atoms with E-state index >= 15 is 0 Å². The van der Waals surface area contributed by atoms with Crippen LogP contribution in [0.2, 0.25) is 4.34 Å². The predicted molar refractivity (Wildman–Crippen MR) is 110 cm³/mol. The van der Waals surface area contributed by atoms with Gasteiger partial charge in [0.15, 0.2) is 0 Å². The zero-order valence-electron chi connectivity index (χ0n) is 15.6. The molecule has 1 N–H and O–H groups in total. The smallest absolute Gasteiger partial charge is 0.243 e. The zero-order valence-corrected chi connectivity index (χ0v) is 18.0. The number of carbonyl (C=O) groups excluding carboxylic acids is 3. The van der Waals surface area contributed by atoms with E-state index in [0.717, 1.165) is 30.6 Å². The topological polar surface area (TPSA) is 66.5 Å². The van der Waals surface area contributed by atoms with Crippen molar-refractivity contribution in [2.45, 2.75) is 51.1 Å². The lowest BCUT2D eigenvalue weighted by Crippen LogP contribution is -2.50. The molecule has 8 heteroatoms. The molecule has 2 heterocycles. The van der Waals surface area contributed by atoms with Crippen LogP contribution in [0, 0.1) is 11.8 Å². The van der Waals surface area contributed by atoms with Crippen LogP contribution >= 0.6 is 34.7 Å². The fourth-order valence-corrected chi connectivity index (χ4v) is 5.57. The molecular weight excluding hydrogens is 404 g/mol. The molecule has 27 heavy (non-hydrogen) atoms. The van der Waals surface area contributed by atoms with Crippen LogP contribution in [0.5, 0.6) is 0 Å². The summed E-state index contributed by atoms with van der Waals surface area (Å²) in [6, 6.07) is 2.73. The van der Waals surface area contributed by atoms with E-state index in [0.29, 0.717) is 16.5 Å². The van der Waals surface area contributed by atoms with Gasteiger partial charge < -0.3 is 5.32 Å². The number of nitrogens with one attached hydrogen (secondary N) is 1. The first-order chi connectivity index (χ1) is 12.9. The Morgan fingerprint density at radius 2 is 1.93 bits per heavy atom. The summed E-state index contributed by atoms with van der Waals surface area (Å²) in [5.41, 5.74) is 0. The molecule has 1 aliphatic carbocycles. The first-order valence-corrected chi connectivity index (χ1v) is 11.9. The zero-order chi connectivity index (χ0) is 19.6. The molecule has 1 aromatic rings. The second kappa shape index (κ2) is 8.97. The molecule has 148 valence electrons. The fraction of sp³-hybridized carbons (Fsp3) is 0.632. The quantitative estimate of drug-likeness (QED) is 0.669. The Hall–Kier alpha value is -1.05. The van der Waals surface area contributed by atoms with Gasteiger partial charge >= 0.3 is 0 Å². The number of hydrogen-bond donors (Lipinski definition) is 1. The fourth-order valence-electron chi connectivity index (χ4n) is 4.04. The number of hydrogen-bond acceptors (Lipinski definition) is 5. The van der Waals surface area contributed by atoms with E-state index < -0.39 is 6.04 Å². The Bertz CT molecular complexity index is 700. The molecule has 1 aliphatic heterocycles. The average molecular weight is 429 g/mol. The molecule has 5 nitrogen and oxygen atoms in total. The van der Waals surface area contributed by atoms with Gasteiger partial charge in [0, 0.05) is 4.88 Å². The van der Waals surface area contributed by atoms with Gasteiger partial charge in [-0.1, -0.05) is 24.4 Å². The summed E-state index contributed by atoms with van der Waals surface area (Å²) in [6.45, 7) is 1.89. The molecule has 0 bridgehead atoms. The molecule has 1 saturated heterocycles. The Kier molecular flexibility index (Phi) is 6.87. The largest absolute Gasteiger partial charge is 0.347 e. The van der Waals surface area contributed by atoms with Crippen LogP contribution < -0.4 is 5.32 Å². The number of carbonyl (C=O) groups is 3. The van der Waals surface area contributed by atoms with Crippen molar-refractivity contribution in [1.29, 1.82) is 0 Å². The van der Waals surface area contributed by atoms with Gasteiger partial charge in [0.2, 0.25) is 17.7 Å². The first kappa shape index (κ1) is 20.7. The molecule has 4 atom stereocenters. The van der Waals surface area contributed by atoms with Crippen molar-refractivity contribution in [2.24, 2.45) is 11.8 Å². The molecule has 3 amide bonds. The Labute approximate surface area is 173 Å². The predicted octanol–water partition coefficient (Wildman–Crippen LogP) is 3.88. The Morgan fingerprint density at radius 3 is 2.44 bits per heavy atom. The third kappa shape index (κ3) is 4.35. The summed E-state index contributed by atoms with van der Waals surface area (Å²) in [5, 5.41) is 2.98. The Balaban J connectivity index is 1.77. The number of imide groups is 1. The van der Waals surface area contributed by atoms with Crippen LogP contribution in [0.4, 0.5) is 0 Å². The molecule has 1 saturated carbocycles. The van der Waals surface area contributed by atoms with Crippen molar-refractivity contribution in [3.05, 3.63) is 21.3 Å². The minimum absolute atomic E-state index is 0.155. The van der Waals surface area contributed by atoms with E-state index in [9.17, 15) is 14.4 Å². The summed E-state index contributed by atoms with van der Waals surface area (Å²) in [4.78, 5) is 41.1. The van der Waals surface area contributed by atoms with Crippen LogP contribution in [0.1, 0.15) is 49.9 Å². The lowest BCUT2D eigenvalue weighted by molar-refractivity contribution is -0.148. The molecule has 3 rings (SSSR count). The van der Waals surface area contributed by atoms with Gasteiger partial charge in [-0.05, 0) is 50.3 Å². The number of nitrogens with zero attached hydrogens (tertiary/aromatic N) is 1. The second-order valence-electron chi connectivity index (χ2n) is 7.21. The van der Waals surface area contributed by atoms with Gasteiger partial charge in [0.1, 0.15) is 6.04 Å². The van der Waals surface area contributed by atoms with Gasteiger partial charge in [-0.2, -0.15) is 11.8 Å². The number of thioether (sulfide) groups is 1. The van der Waals surface area contributed by atoms with Crippen LogP contribution in [-0.2, 0) is 14.4 Å². The van der Waals surface area contributed by atoms with Crippen molar-refractivity contribution in [2.75, 3.05) is 12.0 Å². The monoisotopic (exact) mass is 428 g/mol. The number of thiophene rings is 1. The van der Waals surface area contributed by atoms with Crippen LogP contribution in [-0.4, -0.2) is 40.7 Å². The highest BCUT2D eigenvalue weighted by atomic mass is 35.5. The highest BCUT2D eigenvalue weighted by Crippen LogP contribution is 2.39. The standard InChI is InChI=1S/C19H25ClN2O3S2/c1-11(15-7-8-16(20)27-15)21-17(23)14(9-10-26-2)22-18(24)12-5-3-4-6-13(12)19(22)25/h7-8,11-14H,3-6,9-10H2,1-2H3,(H,21,23). The van der Waals surface area contributed by atoms with E-state index in [1.165, 1.54) is 16.2 Å². The van der Waals surface area contributed by atoms with E-state index in [1.807, 2.05) is 19.2 Å². The molecule has 0 radical (unpaired) electrons. The molecule has 0 aromatic carbocycles. The summed E-state index contributed by atoms with van der Waals surface area (Å²) in [7, 11) is 0. The van der Waals surface area contributed by atoms with E-state index in [-0.39, 0.29) is 35.6 Å². The van der Waals surface area contributed by atoms with Gasteiger partial charge in [0.05, 0.1) is 22.2 Å². The molecule has 2 fully saturated rings. The number of amides is 3. The average Bonchev–Trinajstić information content (AvgIpc) is 3.19. The van der Waals surface area contributed by atoms with Gasteiger partial charge in [-0.15, -0.1) is 11.3 Å². The molecule has 1 aromatic heterocycles. The maximum absolute atomic E-state index is 13.0. The van der Waals surface area contributed by atoms with E-state index in [4.69, 9.17) is 11.6 Å². The number of fused-ring (bicyclic) bond motifs is 1. The van der Waals surface area contributed by atoms with Gasteiger partial charge in [-0.25, -0.2) is 0 Å². The number of likely N-dealkylation sites (tertiary alicyclic amines) is 1. The summed E-state index contributed by atoms with van der Waals surface area (Å²) in [6.07, 6.45) is 5.90. The molecule has 0 spiro atoms. The number of rotatable bonds is 7. The lowest BCUT2D eigenvalue weighted by atomic mass is 9.81. The third-order valence-corrected chi connectivity index (χ3v) is 7.52. The molecule has 2 aliphatic rings. The highest BCUT2D eigenvalue weighted by molar-refractivity contribution is 7.98. The Morgan fingerprint density at radius 1 is 1.30 bits per heavy atom. The van der Waals surface area contributed by atoms with Crippen LogP contribution in [0.25, 0.3) is 0 Å². The van der Waals surface area contributed by atoms with Crippen molar-refractivity contribution in [3.63, 3.8) is 0 Å². The maximum Gasteiger partial charge on any atom is 0.243 e. The second-order valence-corrected chi connectivity index (χ2v) is 9.95. The minimum Gasteiger partial charge on any atom is -0.347 e. The van der Waals surface area contributed by atoms with Gasteiger partial charge in [-0.3, -0.25) is 19.3 Å². The maximum atomic E-state index is 13.0. The van der Waals surface area contributed by atoms with Crippen molar-refractivity contribution < 1.29 is 14.4 Å². The SMILES string of the molecule is CSCCC(C(=O)NC(C)c1ccc(Cl)s1)N1C(=O)C2CCCCC2C1=O. The van der Waals surface area contributed by atoms with Crippen molar-refractivity contribution >= 4 is 52.4 Å². The van der Waals surface area contributed by atoms with Crippen molar-refractivity contribution in [1.82, 2.24) is 10.2 Å². The first-order valence-electron chi connectivity index (χ1n) is 9.35. The molecular formula is C19H25ClN2O3S2. The third-order valence-electron chi connectivity index (χ3n) is 5.46. The number of halogens is 1. The van der Waals surface area contributed by atoms with Crippen LogP contribution in [0.3, 0.4) is 0 Å². The summed E-state index contributed by atoms with van der Waals surface area (Å²) >= 11 is 9.01. The summed E-state index contributed by atoms with van der Waals surface area (Å²) < 4.78 is 0.666. The van der Waals surface area contributed by atoms with E-state index in [1.54, 1.807) is 17.8 Å². The van der Waals surface area contributed by atoms with Crippen molar-refractivity contribution in [3.8, 4) is 0 Å². The van der Waals surface area contributed by atoms with Crippen LogP contribution in [0.15, 0.2) is 12.1 Å². The minimum atomic E-state index is -0.735. The highest BCUT2D eigenvalue weighted by Gasteiger charge is 2.51. The van der Waals surface area contributed by atoms with Gasteiger partial charge in [0.25, 0.3) is 0 Å². The lowest BCUT2D eigenvalue weighted by Gasteiger charge is -2.27. The normalized spacial score (nSPS) is 24.6. The van der Waals surface area contributed by atoms with E-state index in [2.05, 4.69) is 5.32 Å². The molecule has 4 unspecified atom stereocenters.